The summed E-state index contributed by atoms with van der Waals surface area (Å²) in [5, 5.41) is 0. The molecule has 26 heavy (non-hydrogen) atoms. The maximum Gasteiger partial charge on any atom is 0.332 e. The minimum absolute atomic E-state index is 0.172. The summed E-state index contributed by atoms with van der Waals surface area (Å²) in [6.45, 7) is 5.92. The molecule has 3 aromatic rings. The van der Waals surface area contributed by atoms with Crippen LogP contribution in [0.3, 0.4) is 0 Å². The average molecular weight is 348 g/mol. The molecule has 1 aliphatic heterocycles. The molecule has 0 bridgehead atoms. The van der Waals surface area contributed by atoms with Gasteiger partial charge >= 0.3 is 6.03 Å². The Balaban J connectivity index is 1.62. The van der Waals surface area contributed by atoms with Gasteiger partial charge in [-0.05, 0) is 44.5 Å². The third-order valence-corrected chi connectivity index (χ3v) is 4.73. The molecule has 1 fully saturated rings. The van der Waals surface area contributed by atoms with Crippen LogP contribution in [0.1, 0.15) is 23.7 Å². The molecule has 0 unspecified atom stereocenters. The summed E-state index contributed by atoms with van der Waals surface area (Å²) >= 11 is 0. The van der Waals surface area contributed by atoms with Crippen molar-refractivity contribution in [3.8, 4) is 0 Å². The Bertz CT molecular complexity index is 1010. The van der Waals surface area contributed by atoms with Crippen LogP contribution in [0.5, 0.6) is 0 Å². The van der Waals surface area contributed by atoms with Gasteiger partial charge in [0.25, 0.3) is 5.91 Å². The van der Waals surface area contributed by atoms with Crippen molar-refractivity contribution in [1.82, 2.24) is 14.3 Å². The van der Waals surface area contributed by atoms with Gasteiger partial charge in [-0.3, -0.25) is 14.6 Å². The van der Waals surface area contributed by atoms with E-state index in [2.05, 4.69) is 4.98 Å². The number of anilines is 1. The molecule has 0 aliphatic carbocycles. The van der Waals surface area contributed by atoms with Gasteiger partial charge in [-0.1, -0.05) is 23.8 Å². The van der Waals surface area contributed by atoms with Gasteiger partial charge < -0.3 is 4.40 Å². The van der Waals surface area contributed by atoms with Crippen molar-refractivity contribution in [1.29, 1.82) is 0 Å². The van der Waals surface area contributed by atoms with E-state index in [1.54, 1.807) is 11.8 Å². The predicted molar refractivity (Wildman–Crippen MR) is 99.0 cm³/mol. The number of rotatable bonds is 3. The number of urea groups is 1. The third-order valence-electron chi connectivity index (χ3n) is 4.73. The molecular weight excluding hydrogens is 328 g/mol. The van der Waals surface area contributed by atoms with E-state index in [0.717, 1.165) is 22.5 Å². The first-order valence-corrected chi connectivity index (χ1v) is 8.59. The Morgan fingerprint density at radius 3 is 2.38 bits per heavy atom. The molecular formula is C20H20N4O2. The zero-order chi connectivity index (χ0) is 18.4. The highest BCUT2D eigenvalue weighted by molar-refractivity contribution is 6.13. The molecule has 1 aliphatic rings. The first kappa shape index (κ1) is 16.3. The molecule has 0 spiro atoms. The molecule has 4 rings (SSSR count). The number of imidazole rings is 1. The van der Waals surface area contributed by atoms with Crippen molar-refractivity contribution in [2.24, 2.45) is 0 Å². The molecule has 1 atom stereocenters. The number of hydrogen-bond donors (Lipinski definition) is 0. The van der Waals surface area contributed by atoms with E-state index < -0.39 is 6.04 Å². The summed E-state index contributed by atoms with van der Waals surface area (Å²) in [5.41, 5.74) is 4.45. The van der Waals surface area contributed by atoms with Crippen LogP contribution in [0, 0.1) is 13.8 Å². The zero-order valence-corrected chi connectivity index (χ0v) is 15.0. The number of carbonyl (C=O) groups is 2. The van der Waals surface area contributed by atoms with Gasteiger partial charge in [0.05, 0.1) is 12.2 Å². The number of fused-ring (bicyclic) bond motifs is 1. The Morgan fingerprint density at radius 2 is 1.65 bits per heavy atom. The lowest BCUT2D eigenvalue weighted by Gasteiger charge is -2.19. The second kappa shape index (κ2) is 5.98. The van der Waals surface area contributed by atoms with Crippen LogP contribution in [0.4, 0.5) is 10.5 Å². The van der Waals surface area contributed by atoms with Gasteiger partial charge in [-0.2, -0.15) is 0 Å². The summed E-state index contributed by atoms with van der Waals surface area (Å²) in [7, 11) is 0. The monoisotopic (exact) mass is 348 g/mol. The van der Waals surface area contributed by atoms with Crippen LogP contribution in [-0.2, 0) is 11.3 Å². The minimum atomic E-state index is -0.524. The smallest absolute Gasteiger partial charge is 0.306 e. The molecule has 3 heterocycles. The van der Waals surface area contributed by atoms with Gasteiger partial charge in [0.2, 0.25) is 0 Å². The molecule has 1 aromatic carbocycles. The fourth-order valence-corrected chi connectivity index (χ4v) is 3.30. The second-order valence-electron chi connectivity index (χ2n) is 6.79. The van der Waals surface area contributed by atoms with Crippen molar-refractivity contribution >= 4 is 23.3 Å². The van der Waals surface area contributed by atoms with Gasteiger partial charge in [0.15, 0.2) is 0 Å². The van der Waals surface area contributed by atoms with Gasteiger partial charge in [0.1, 0.15) is 11.7 Å². The topological polar surface area (TPSA) is 57.9 Å². The quantitative estimate of drug-likeness (QED) is 0.682. The summed E-state index contributed by atoms with van der Waals surface area (Å²) < 4.78 is 1.91. The first-order chi connectivity index (χ1) is 12.4. The van der Waals surface area contributed by atoms with E-state index in [-0.39, 0.29) is 18.5 Å². The molecule has 0 saturated carbocycles. The summed E-state index contributed by atoms with van der Waals surface area (Å²) in [4.78, 5) is 32.9. The molecule has 6 heteroatoms. The highest BCUT2D eigenvalue weighted by Gasteiger charge is 2.43. The Morgan fingerprint density at radius 1 is 0.962 bits per heavy atom. The largest absolute Gasteiger partial charge is 0.332 e. The van der Waals surface area contributed by atoms with Crippen molar-refractivity contribution < 1.29 is 9.59 Å². The number of benzene rings is 1. The predicted octanol–water partition coefficient (Wildman–Crippen LogP) is 3.31. The summed E-state index contributed by atoms with van der Waals surface area (Å²) in [5.74, 6) is -0.205. The van der Waals surface area contributed by atoms with Crippen LogP contribution in [0.15, 0.2) is 48.8 Å². The maximum absolute atomic E-state index is 12.9. The standard InChI is InChI=1S/C20H20N4O2/c1-13-4-7-17(8-5-13)24-15(3)19(25)23(20(24)26)12-16-11-22-10-14(2)6-9-18(22)21-16/h4-11,15H,12H2,1-3H3/t15-/m0/s1. The minimum Gasteiger partial charge on any atom is -0.306 e. The van der Waals surface area contributed by atoms with Crippen LogP contribution < -0.4 is 4.90 Å². The highest BCUT2D eigenvalue weighted by atomic mass is 16.2. The lowest BCUT2D eigenvalue weighted by molar-refractivity contribution is -0.127. The second-order valence-corrected chi connectivity index (χ2v) is 6.79. The van der Waals surface area contributed by atoms with Crippen LogP contribution >= 0.6 is 0 Å². The normalized spacial score (nSPS) is 17.6. The maximum atomic E-state index is 12.9. The van der Waals surface area contributed by atoms with E-state index in [1.165, 1.54) is 4.90 Å². The molecule has 3 amide bonds. The number of aromatic nitrogens is 2. The zero-order valence-electron chi connectivity index (χ0n) is 15.0. The molecule has 6 nitrogen and oxygen atoms in total. The van der Waals surface area contributed by atoms with E-state index in [1.807, 2.05) is 67.0 Å². The van der Waals surface area contributed by atoms with E-state index >= 15 is 0 Å². The molecule has 2 aromatic heterocycles. The Kier molecular flexibility index (Phi) is 3.76. The summed E-state index contributed by atoms with van der Waals surface area (Å²) in [6, 6.07) is 10.7. The SMILES string of the molecule is Cc1ccc(N2C(=O)N(Cc3cn4cc(C)ccc4n3)C(=O)[C@@H]2C)cc1. The van der Waals surface area contributed by atoms with Gasteiger partial charge in [0, 0.05) is 18.1 Å². The van der Waals surface area contributed by atoms with Crippen LogP contribution in [-0.4, -0.2) is 32.3 Å². The fourth-order valence-electron chi connectivity index (χ4n) is 3.30. The fraction of sp³-hybridized carbons (Fsp3) is 0.250. The van der Waals surface area contributed by atoms with E-state index in [0.29, 0.717) is 5.69 Å². The number of amides is 3. The number of aryl methyl sites for hydroxylation is 2. The Hall–Kier alpha value is -3.15. The molecule has 0 radical (unpaired) electrons. The molecule has 1 saturated heterocycles. The molecule has 132 valence electrons. The van der Waals surface area contributed by atoms with Crippen molar-refractivity contribution in [2.75, 3.05) is 4.90 Å². The van der Waals surface area contributed by atoms with Crippen molar-refractivity contribution in [2.45, 2.75) is 33.4 Å². The molecule has 0 N–H and O–H groups in total. The number of carbonyl (C=O) groups excluding carboxylic acids is 2. The number of nitrogens with zero attached hydrogens (tertiary/aromatic N) is 4. The van der Waals surface area contributed by atoms with Crippen LogP contribution in [0.25, 0.3) is 5.65 Å². The third kappa shape index (κ3) is 2.63. The van der Waals surface area contributed by atoms with E-state index in [9.17, 15) is 9.59 Å². The average Bonchev–Trinajstić information content (AvgIpc) is 3.10. The van der Waals surface area contributed by atoms with Crippen molar-refractivity contribution in [3.63, 3.8) is 0 Å². The summed E-state index contributed by atoms with van der Waals surface area (Å²) in [6.07, 6.45) is 3.84. The van der Waals surface area contributed by atoms with Gasteiger partial charge in [-0.15, -0.1) is 0 Å². The van der Waals surface area contributed by atoms with E-state index in [4.69, 9.17) is 0 Å². The number of imide groups is 1. The van der Waals surface area contributed by atoms with Gasteiger partial charge in [-0.25, -0.2) is 9.78 Å². The Labute approximate surface area is 151 Å². The number of hydrogen-bond acceptors (Lipinski definition) is 3. The van der Waals surface area contributed by atoms with Crippen molar-refractivity contribution in [3.05, 3.63) is 65.6 Å². The first-order valence-electron chi connectivity index (χ1n) is 8.59. The number of pyridine rings is 1. The highest BCUT2D eigenvalue weighted by Crippen LogP contribution is 2.27. The lowest BCUT2D eigenvalue weighted by Crippen LogP contribution is -2.33. The van der Waals surface area contributed by atoms with Crippen LogP contribution in [0.2, 0.25) is 0 Å². The lowest BCUT2D eigenvalue weighted by atomic mass is 10.2.